The lowest BCUT2D eigenvalue weighted by Crippen LogP contribution is -2.39. The summed E-state index contributed by atoms with van der Waals surface area (Å²) in [7, 11) is 0. The lowest BCUT2D eigenvalue weighted by Gasteiger charge is -2.25. The van der Waals surface area contributed by atoms with E-state index in [1.54, 1.807) is 30.6 Å². The highest BCUT2D eigenvalue weighted by Gasteiger charge is 2.46. The van der Waals surface area contributed by atoms with Crippen LogP contribution in [-0.2, 0) is 28.5 Å². The second kappa shape index (κ2) is 12.1. The van der Waals surface area contributed by atoms with E-state index in [4.69, 9.17) is 9.47 Å². The van der Waals surface area contributed by atoms with Gasteiger partial charge in [-0.25, -0.2) is 0 Å². The van der Waals surface area contributed by atoms with E-state index in [2.05, 4.69) is 4.98 Å². The molecule has 0 N–H and O–H groups in total. The first-order chi connectivity index (χ1) is 18.5. The minimum Gasteiger partial charge on any atom is -0.489 e. The minimum atomic E-state index is -5.34. The summed E-state index contributed by atoms with van der Waals surface area (Å²) in [5.74, 6) is -0.281. The molecule has 0 saturated carbocycles. The first-order valence-electron chi connectivity index (χ1n) is 11.7. The molecular weight excluding hydrogens is 546 g/mol. The van der Waals surface area contributed by atoms with Gasteiger partial charge in [0.15, 0.2) is 0 Å². The van der Waals surface area contributed by atoms with Crippen molar-refractivity contribution in [2.75, 3.05) is 26.3 Å². The van der Waals surface area contributed by atoms with E-state index in [-0.39, 0.29) is 37.8 Å². The highest BCUT2D eigenvalue weighted by molar-refractivity contribution is 7.99. The van der Waals surface area contributed by atoms with Crippen LogP contribution in [-0.4, -0.2) is 42.1 Å². The number of nitrogens with zero attached hydrogens (tertiary/aromatic N) is 2. The zero-order valence-electron chi connectivity index (χ0n) is 20.3. The first kappa shape index (κ1) is 28.5. The summed E-state index contributed by atoms with van der Waals surface area (Å²) in [5.41, 5.74) is -3.66. The molecule has 0 unspecified atom stereocenters. The van der Waals surface area contributed by atoms with Crippen LogP contribution in [0.3, 0.4) is 0 Å². The molecule has 1 amide bonds. The van der Waals surface area contributed by atoms with E-state index in [0.717, 1.165) is 29.8 Å². The molecule has 0 radical (unpaired) electrons. The lowest BCUT2D eigenvalue weighted by molar-refractivity contribution is -0.163. The van der Waals surface area contributed by atoms with E-state index < -0.39 is 39.8 Å². The Kier molecular flexibility index (Phi) is 8.86. The third kappa shape index (κ3) is 7.54. The monoisotopic (exact) mass is 568 g/mol. The van der Waals surface area contributed by atoms with Gasteiger partial charge in [0.05, 0.1) is 24.3 Å². The molecule has 4 rings (SSSR count). The molecule has 1 aromatic heterocycles. The predicted octanol–water partition coefficient (Wildman–Crippen LogP) is 6.72. The zero-order chi connectivity index (χ0) is 28.0. The van der Waals surface area contributed by atoms with Crippen molar-refractivity contribution in [3.63, 3.8) is 0 Å². The summed E-state index contributed by atoms with van der Waals surface area (Å²) < 4.78 is 95.5. The average Bonchev–Trinajstić information content (AvgIpc) is 2.91. The maximum Gasteiger partial charge on any atom is 0.418 e. The highest BCUT2D eigenvalue weighted by atomic mass is 32.2. The summed E-state index contributed by atoms with van der Waals surface area (Å²) >= 11 is 0.538. The predicted molar refractivity (Wildman–Crippen MR) is 132 cm³/mol. The number of rotatable bonds is 7. The Morgan fingerprint density at radius 2 is 1.74 bits per heavy atom. The Hall–Kier alpha value is -3.51. The maximum atomic E-state index is 14.1. The number of benzene rings is 2. The van der Waals surface area contributed by atoms with Crippen LogP contribution in [0.25, 0.3) is 6.08 Å². The average molecular weight is 569 g/mol. The normalized spacial score (nSPS) is 14.6. The van der Waals surface area contributed by atoms with Gasteiger partial charge in [-0.3, -0.25) is 9.78 Å². The third-order valence-electron chi connectivity index (χ3n) is 5.66. The van der Waals surface area contributed by atoms with Gasteiger partial charge in [-0.05, 0) is 42.0 Å². The van der Waals surface area contributed by atoms with Crippen LogP contribution >= 0.6 is 11.8 Å². The molecule has 0 spiro atoms. The number of alkyl halides is 6. The fourth-order valence-corrected chi connectivity index (χ4v) is 4.90. The molecule has 206 valence electrons. The Morgan fingerprint density at radius 1 is 1.00 bits per heavy atom. The summed E-state index contributed by atoms with van der Waals surface area (Å²) in [6.45, 7) is 1.17. The molecule has 2 heterocycles. The van der Waals surface area contributed by atoms with Gasteiger partial charge < -0.3 is 14.4 Å². The number of morpholine rings is 1. The quantitative estimate of drug-likeness (QED) is 0.234. The zero-order valence-corrected chi connectivity index (χ0v) is 21.1. The van der Waals surface area contributed by atoms with E-state index in [9.17, 15) is 31.1 Å². The van der Waals surface area contributed by atoms with E-state index in [1.165, 1.54) is 23.1 Å². The first-order valence-corrected chi connectivity index (χ1v) is 12.5. The molecule has 0 atom stereocenters. The number of pyridine rings is 1. The van der Waals surface area contributed by atoms with Gasteiger partial charge in [0.25, 0.3) is 0 Å². The van der Waals surface area contributed by atoms with Crippen molar-refractivity contribution in [1.82, 2.24) is 9.88 Å². The highest BCUT2D eigenvalue weighted by Crippen LogP contribution is 2.48. The molecule has 1 saturated heterocycles. The van der Waals surface area contributed by atoms with Crippen LogP contribution in [0.1, 0.15) is 22.3 Å². The largest absolute Gasteiger partial charge is 0.489 e. The van der Waals surface area contributed by atoms with Gasteiger partial charge in [-0.1, -0.05) is 30.0 Å². The molecule has 0 bridgehead atoms. The molecule has 0 aliphatic carbocycles. The maximum absolute atomic E-state index is 14.1. The molecule has 2 aromatic carbocycles. The molecular formula is C27H22F6N2O3S. The molecule has 3 aromatic rings. The summed E-state index contributed by atoms with van der Waals surface area (Å²) in [4.78, 5) is 17.3. The van der Waals surface area contributed by atoms with Crippen LogP contribution in [0.2, 0.25) is 0 Å². The van der Waals surface area contributed by atoms with Gasteiger partial charge in [0, 0.05) is 46.9 Å². The number of hydrogen-bond acceptors (Lipinski definition) is 5. The van der Waals surface area contributed by atoms with Crippen LogP contribution < -0.4 is 4.74 Å². The van der Waals surface area contributed by atoms with Crippen LogP contribution in [0, 0.1) is 0 Å². The number of hydrogen-bond donors (Lipinski definition) is 0. The second-order valence-corrected chi connectivity index (χ2v) is 9.51. The molecule has 39 heavy (non-hydrogen) atoms. The molecule has 12 heteroatoms. The molecule has 1 aliphatic heterocycles. The molecule has 5 nitrogen and oxygen atoms in total. The summed E-state index contributed by atoms with van der Waals surface area (Å²) in [6, 6.07) is 11.5. The van der Waals surface area contributed by atoms with Gasteiger partial charge >= 0.3 is 12.4 Å². The van der Waals surface area contributed by atoms with E-state index in [0.29, 0.717) is 17.5 Å². The van der Waals surface area contributed by atoms with Crippen molar-refractivity contribution in [2.24, 2.45) is 0 Å². The number of carbonyl (C=O) groups is 1. The van der Waals surface area contributed by atoms with Crippen molar-refractivity contribution >= 4 is 23.7 Å². The number of aromatic nitrogens is 1. The number of amides is 1. The van der Waals surface area contributed by atoms with Crippen LogP contribution in [0.4, 0.5) is 26.3 Å². The van der Waals surface area contributed by atoms with E-state index in [1.807, 2.05) is 0 Å². The SMILES string of the molecule is O=C(/C=C/c1ccc(Sc2cccc(OCc3cccnc3)c2)c(C(F)(F)F)c1C(F)(F)F)N1CCOCC1. The number of ether oxygens (including phenoxy) is 2. The topological polar surface area (TPSA) is 51.7 Å². The smallest absolute Gasteiger partial charge is 0.418 e. The van der Waals surface area contributed by atoms with Crippen molar-refractivity contribution in [2.45, 2.75) is 28.8 Å². The fraction of sp³-hybridized carbons (Fsp3) is 0.259. The van der Waals surface area contributed by atoms with Gasteiger partial charge in [-0.15, -0.1) is 0 Å². The number of carbonyl (C=O) groups excluding carboxylic acids is 1. The van der Waals surface area contributed by atoms with Crippen molar-refractivity contribution in [3.05, 3.63) is 89.3 Å². The van der Waals surface area contributed by atoms with Gasteiger partial charge in [0.2, 0.25) is 5.91 Å². The standard InChI is InChI=1S/C27H22F6N2O3S/c28-26(29,30)24-19(7-9-23(36)35-11-13-37-14-12-35)6-8-22(25(24)27(31,32)33)39-21-5-1-4-20(15-21)38-17-18-3-2-10-34-16-18/h1-10,15-16H,11-14,17H2/b9-7+. The number of halogens is 6. The molecule has 1 aliphatic rings. The molecule has 1 fully saturated rings. The van der Waals surface area contributed by atoms with Crippen molar-refractivity contribution in [3.8, 4) is 5.75 Å². The Balaban J connectivity index is 1.65. The fourth-order valence-electron chi connectivity index (χ4n) is 3.87. The van der Waals surface area contributed by atoms with Crippen molar-refractivity contribution < 1.29 is 40.6 Å². The van der Waals surface area contributed by atoms with Crippen LogP contribution in [0.15, 0.2) is 76.8 Å². The summed E-state index contributed by atoms with van der Waals surface area (Å²) in [5, 5.41) is 0. The summed E-state index contributed by atoms with van der Waals surface area (Å²) in [6.07, 6.45) is -5.84. The Bertz CT molecular complexity index is 1320. The van der Waals surface area contributed by atoms with Crippen LogP contribution in [0.5, 0.6) is 5.75 Å². The third-order valence-corrected chi connectivity index (χ3v) is 6.71. The van der Waals surface area contributed by atoms with E-state index >= 15 is 0 Å². The van der Waals surface area contributed by atoms with Gasteiger partial charge in [0.1, 0.15) is 12.4 Å². The minimum absolute atomic E-state index is 0.151. The Labute approximate surface area is 224 Å². The lowest BCUT2D eigenvalue weighted by atomic mass is 9.99. The van der Waals surface area contributed by atoms with Gasteiger partial charge in [-0.2, -0.15) is 26.3 Å². The van der Waals surface area contributed by atoms with Crippen molar-refractivity contribution in [1.29, 1.82) is 0 Å². The Morgan fingerprint density at radius 3 is 2.41 bits per heavy atom. The second-order valence-electron chi connectivity index (χ2n) is 8.40.